The Morgan fingerprint density at radius 3 is 2.67 bits per heavy atom. The van der Waals surface area contributed by atoms with Gasteiger partial charge in [0, 0.05) is 12.2 Å². The maximum absolute atomic E-state index is 11.2. The second-order valence-electron chi connectivity index (χ2n) is 4.09. The molecule has 0 saturated carbocycles. The van der Waals surface area contributed by atoms with E-state index < -0.39 is 0 Å². The third-order valence-electron chi connectivity index (χ3n) is 2.95. The number of nitrogens with two attached hydrogens (primary N) is 1. The quantitative estimate of drug-likeness (QED) is 0.792. The lowest BCUT2D eigenvalue weighted by Gasteiger charge is -2.24. The van der Waals surface area contributed by atoms with Crippen molar-refractivity contribution >= 4 is 11.6 Å². The van der Waals surface area contributed by atoms with Crippen LogP contribution in [0.25, 0.3) is 0 Å². The maximum Gasteiger partial charge on any atom is 0.240 e. The maximum atomic E-state index is 11.2. The average molecular weight is 204 g/mol. The Balaban J connectivity index is 2.22. The van der Waals surface area contributed by atoms with Crippen LogP contribution in [0.1, 0.15) is 18.4 Å². The Hall–Kier alpha value is -1.51. The fourth-order valence-corrected chi connectivity index (χ4v) is 2.11. The van der Waals surface area contributed by atoms with E-state index in [1.54, 1.807) is 0 Å². The van der Waals surface area contributed by atoms with E-state index in [0.29, 0.717) is 0 Å². The first-order valence-electron chi connectivity index (χ1n) is 5.31. The van der Waals surface area contributed by atoms with Crippen LogP contribution in [0.4, 0.5) is 5.69 Å². The number of amides is 1. The van der Waals surface area contributed by atoms with E-state index in [1.165, 1.54) is 5.56 Å². The molecule has 80 valence electrons. The lowest BCUT2D eigenvalue weighted by atomic mass is 10.2. The van der Waals surface area contributed by atoms with E-state index in [0.717, 1.165) is 25.1 Å². The smallest absolute Gasteiger partial charge is 0.240 e. The summed E-state index contributed by atoms with van der Waals surface area (Å²) in [4.78, 5) is 13.3. The number of anilines is 1. The average Bonchev–Trinajstić information content (AvgIpc) is 2.67. The molecular formula is C12H16N2O. The largest absolute Gasteiger partial charge is 0.368 e. The monoisotopic (exact) mass is 204 g/mol. The van der Waals surface area contributed by atoms with E-state index in [2.05, 4.69) is 36.1 Å². The van der Waals surface area contributed by atoms with Crippen molar-refractivity contribution in [1.29, 1.82) is 0 Å². The van der Waals surface area contributed by atoms with Crippen molar-refractivity contribution in [3.05, 3.63) is 29.8 Å². The summed E-state index contributed by atoms with van der Waals surface area (Å²) in [5.41, 5.74) is 7.70. The zero-order valence-electron chi connectivity index (χ0n) is 8.94. The lowest BCUT2D eigenvalue weighted by molar-refractivity contribution is -0.119. The normalized spacial score (nSPS) is 20.6. The molecule has 0 unspecified atom stereocenters. The first-order valence-corrected chi connectivity index (χ1v) is 5.31. The van der Waals surface area contributed by atoms with Gasteiger partial charge in [0.2, 0.25) is 5.91 Å². The summed E-state index contributed by atoms with van der Waals surface area (Å²) in [6.45, 7) is 2.98. The molecule has 1 saturated heterocycles. The van der Waals surface area contributed by atoms with Gasteiger partial charge < -0.3 is 10.6 Å². The summed E-state index contributed by atoms with van der Waals surface area (Å²) in [5, 5.41) is 0. The highest BCUT2D eigenvalue weighted by molar-refractivity contribution is 5.84. The lowest BCUT2D eigenvalue weighted by Crippen LogP contribution is -2.40. The van der Waals surface area contributed by atoms with Crippen LogP contribution in [0.5, 0.6) is 0 Å². The number of benzene rings is 1. The summed E-state index contributed by atoms with van der Waals surface area (Å²) < 4.78 is 0. The molecule has 1 aromatic rings. The first-order chi connectivity index (χ1) is 7.18. The van der Waals surface area contributed by atoms with Gasteiger partial charge in [-0.15, -0.1) is 0 Å². The molecular weight excluding hydrogens is 188 g/mol. The van der Waals surface area contributed by atoms with Gasteiger partial charge in [0.15, 0.2) is 0 Å². The molecule has 0 aromatic heterocycles. The molecule has 3 nitrogen and oxygen atoms in total. The molecule has 0 spiro atoms. The van der Waals surface area contributed by atoms with Crippen LogP contribution in [0.15, 0.2) is 24.3 Å². The van der Waals surface area contributed by atoms with Crippen LogP contribution in [0.2, 0.25) is 0 Å². The molecule has 0 aliphatic carbocycles. The van der Waals surface area contributed by atoms with Crippen molar-refractivity contribution in [3.8, 4) is 0 Å². The minimum absolute atomic E-state index is 0.118. The van der Waals surface area contributed by atoms with Crippen LogP contribution in [0, 0.1) is 6.92 Å². The standard InChI is InChI=1S/C12H16N2O/c1-9-4-6-10(7-5-9)14-8-2-3-11(14)12(13)15/h4-7,11H,2-3,8H2,1H3,(H2,13,15)/t11-/m0/s1. The number of nitrogens with zero attached hydrogens (tertiary/aromatic N) is 1. The fourth-order valence-electron chi connectivity index (χ4n) is 2.11. The predicted octanol–water partition coefficient (Wildman–Crippen LogP) is 1.45. The third kappa shape index (κ3) is 1.96. The van der Waals surface area contributed by atoms with Crippen LogP contribution in [0.3, 0.4) is 0 Å². The number of hydrogen-bond donors (Lipinski definition) is 1. The van der Waals surface area contributed by atoms with Gasteiger partial charge in [0.1, 0.15) is 6.04 Å². The Labute approximate surface area is 89.9 Å². The van der Waals surface area contributed by atoms with E-state index in [1.807, 2.05) is 0 Å². The number of carbonyl (C=O) groups excluding carboxylic acids is 1. The van der Waals surface area contributed by atoms with Gasteiger partial charge in [-0.3, -0.25) is 4.79 Å². The van der Waals surface area contributed by atoms with Crippen molar-refractivity contribution in [3.63, 3.8) is 0 Å². The van der Waals surface area contributed by atoms with E-state index in [-0.39, 0.29) is 11.9 Å². The SMILES string of the molecule is Cc1ccc(N2CCC[C@H]2C(N)=O)cc1. The number of rotatable bonds is 2. The van der Waals surface area contributed by atoms with Crippen molar-refractivity contribution in [1.82, 2.24) is 0 Å². The van der Waals surface area contributed by atoms with E-state index >= 15 is 0 Å². The number of hydrogen-bond acceptors (Lipinski definition) is 2. The summed E-state index contributed by atoms with van der Waals surface area (Å²) in [6, 6.07) is 8.11. The Kier molecular flexibility index (Phi) is 2.62. The van der Waals surface area contributed by atoms with Crippen LogP contribution >= 0.6 is 0 Å². The minimum Gasteiger partial charge on any atom is -0.368 e. The molecule has 1 atom stereocenters. The molecule has 2 N–H and O–H groups in total. The molecule has 1 amide bonds. The van der Waals surface area contributed by atoms with Crippen LogP contribution < -0.4 is 10.6 Å². The van der Waals surface area contributed by atoms with Crippen LogP contribution in [-0.4, -0.2) is 18.5 Å². The zero-order valence-corrected chi connectivity index (χ0v) is 8.94. The van der Waals surface area contributed by atoms with Gasteiger partial charge in [-0.05, 0) is 31.9 Å². The summed E-state index contributed by atoms with van der Waals surface area (Å²) in [7, 11) is 0. The van der Waals surface area contributed by atoms with Crippen molar-refractivity contribution < 1.29 is 4.79 Å². The van der Waals surface area contributed by atoms with Gasteiger partial charge in [0.05, 0.1) is 0 Å². The molecule has 1 fully saturated rings. The van der Waals surface area contributed by atoms with Gasteiger partial charge in [-0.1, -0.05) is 17.7 Å². The minimum atomic E-state index is -0.215. The molecule has 1 heterocycles. The number of aryl methyl sites for hydroxylation is 1. The molecule has 0 radical (unpaired) electrons. The predicted molar refractivity (Wildman–Crippen MR) is 60.7 cm³/mol. The Bertz CT molecular complexity index is 358. The topological polar surface area (TPSA) is 46.3 Å². The van der Waals surface area contributed by atoms with Crippen molar-refractivity contribution in [2.75, 3.05) is 11.4 Å². The van der Waals surface area contributed by atoms with Crippen molar-refractivity contribution in [2.45, 2.75) is 25.8 Å². The second kappa shape index (κ2) is 3.93. The second-order valence-corrected chi connectivity index (χ2v) is 4.09. The van der Waals surface area contributed by atoms with E-state index in [4.69, 9.17) is 5.73 Å². The number of primary amides is 1. The number of carbonyl (C=O) groups is 1. The molecule has 0 bridgehead atoms. The van der Waals surface area contributed by atoms with Crippen molar-refractivity contribution in [2.24, 2.45) is 5.73 Å². The Morgan fingerprint density at radius 1 is 1.40 bits per heavy atom. The molecule has 3 heteroatoms. The molecule has 1 aromatic carbocycles. The van der Waals surface area contributed by atoms with Gasteiger partial charge in [-0.25, -0.2) is 0 Å². The van der Waals surface area contributed by atoms with Crippen LogP contribution in [-0.2, 0) is 4.79 Å². The summed E-state index contributed by atoms with van der Waals surface area (Å²) >= 11 is 0. The fraction of sp³-hybridized carbons (Fsp3) is 0.417. The molecule has 1 aliphatic rings. The van der Waals surface area contributed by atoms with E-state index in [9.17, 15) is 4.79 Å². The van der Waals surface area contributed by atoms with Gasteiger partial charge in [0.25, 0.3) is 0 Å². The molecule has 15 heavy (non-hydrogen) atoms. The highest BCUT2D eigenvalue weighted by Gasteiger charge is 2.28. The molecule has 1 aliphatic heterocycles. The summed E-state index contributed by atoms with van der Waals surface area (Å²) in [5.74, 6) is -0.215. The Morgan fingerprint density at radius 2 is 2.07 bits per heavy atom. The van der Waals surface area contributed by atoms with Gasteiger partial charge >= 0.3 is 0 Å². The highest BCUT2D eigenvalue weighted by atomic mass is 16.1. The zero-order chi connectivity index (χ0) is 10.8. The summed E-state index contributed by atoms with van der Waals surface area (Å²) in [6.07, 6.45) is 1.92. The molecule has 2 rings (SSSR count). The highest BCUT2D eigenvalue weighted by Crippen LogP contribution is 2.25. The first kappa shape index (κ1) is 10.0. The third-order valence-corrected chi connectivity index (χ3v) is 2.95. The van der Waals surface area contributed by atoms with Gasteiger partial charge in [-0.2, -0.15) is 0 Å².